The molecule has 0 atom stereocenters. The molecule has 0 amide bonds. The fourth-order valence-electron chi connectivity index (χ4n) is 2.53. The van der Waals surface area contributed by atoms with Crippen LogP contribution in [0, 0.1) is 0 Å². The zero-order chi connectivity index (χ0) is 14.7. The number of nitrogen functional groups attached to an aromatic ring is 1. The summed E-state index contributed by atoms with van der Waals surface area (Å²) in [5.74, 6) is 0.522. The maximum Gasteiger partial charge on any atom is 0.123 e. The number of pyridine rings is 1. The highest BCUT2D eigenvalue weighted by Gasteiger charge is 2.08. The normalized spacial score (nSPS) is 10.7. The van der Waals surface area contributed by atoms with Crippen LogP contribution < -0.4 is 5.73 Å². The number of aromatic nitrogens is 3. The number of hydrogen-bond acceptors (Lipinski definition) is 3. The van der Waals surface area contributed by atoms with Gasteiger partial charge in [0, 0.05) is 18.3 Å². The van der Waals surface area contributed by atoms with Crippen LogP contribution in [0.25, 0.3) is 11.3 Å². The number of nitrogens with zero attached hydrogens (tertiary/aromatic N) is 3. The summed E-state index contributed by atoms with van der Waals surface area (Å²) in [5.41, 5.74) is 10.5. The van der Waals surface area contributed by atoms with Crippen molar-refractivity contribution in [2.45, 2.75) is 19.9 Å². The summed E-state index contributed by atoms with van der Waals surface area (Å²) in [5, 5.41) is 0. The number of benzene rings is 1. The minimum Gasteiger partial charge on any atom is -0.384 e. The van der Waals surface area contributed by atoms with E-state index in [4.69, 9.17) is 5.73 Å². The third kappa shape index (κ3) is 2.79. The SMILES string of the molecule is CCc1ccccc1Cn1cncc1-c1ccnc(N)c1. The van der Waals surface area contributed by atoms with E-state index in [0.717, 1.165) is 24.2 Å². The number of hydrogen-bond donors (Lipinski definition) is 1. The quantitative estimate of drug-likeness (QED) is 0.797. The lowest BCUT2D eigenvalue weighted by Crippen LogP contribution is -2.03. The van der Waals surface area contributed by atoms with Gasteiger partial charge in [-0.15, -0.1) is 0 Å². The number of nitrogens with two attached hydrogens (primary N) is 1. The highest BCUT2D eigenvalue weighted by molar-refractivity contribution is 5.61. The molecular formula is C17H18N4. The van der Waals surface area contributed by atoms with Crippen LogP contribution in [-0.2, 0) is 13.0 Å². The molecule has 0 saturated heterocycles. The highest BCUT2D eigenvalue weighted by atomic mass is 15.0. The molecule has 21 heavy (non-hydrogen) atoms. The van der Waals surface area contributed by atoms with Gasteiger partial charge in [0.15, 0.2) is 0 Å². The van der Waals surface area contributed by atoms with Gasteiger partial charge in [0.1, 0.15) is 5.82 Å². The van der Waals surface area contributed by atoms with Crippen LogP contribution in [0.2, 0.25) is 0 Å². The molecule has 0 bridgehead atoms. The first kappa shape index (κ1) is 13.4. The van der Waals surface area contributed by atoms with E-state index in [1.54, 1.807) is 6.20 Å². The molecule has 4 nitrogen and oxygen atoms in total. The Morgan fingerprint density at radius 1 is 1.14 bits per heavy atom. The second-order valence-corrected chi connectivity index (χ2v) is 5.00. The van der Waals surface area contributed by atoms with Gasteiger partial charge < -0.3 is 10.3 Å². The van der Waals surface area contributed by atoms with Crippen LogP contribution in [-0.4, -0.2) is 14.5 Å². The van der Waals surface area contributed by atoms with Gasteiger partial charge in [-0.2, -0.15) is 0 Å². The molecule has 0 aliphatic heterocycles. The molecule has 0 aliphatic carbocycles. The van der Waals surface area contributed by atoms with Crippen molar-refractivity contribution >= 4 is 5.82 Å². The molecular weight excluding hydrogens is 260 g/mol. The maximum absolute atomic E-state index is 5.77. The van der Waals surface area contributed by atoms with Gasteiger partial charge in [-0.3, -0.25) is 0 Å². The molecule has 0 radical (unpaired) electrons. The lowest BCUT2D eigenvalue weighted by atomic mass is 10.1. The van der Waals surface area contributed by atoms with Crippen molar-refractivity contribution in [3.63, 3.8) is 0 Å². The Labute approximate surface area is 124 Å². The van der Waals surface area contributed by atoms with Crippen LogP contribution in [0.15, 0.2) is 55.1 Å². The minimum atomic E-state index is 0.522. The molecule has 2 aromatic heterocycles. The number of aryl methyl sites for hydroxylation is 1. The molecule has 0 spiro atoms. The molecule has 2 heterocycles. The van der Waals surface area contributed by atoms with Crippen molar-refractivity contribution in [3.8, 4) is 11.3 Å². The predicted octanol–water partition coefficient (Wildman–Crippen LogP) is 3.14. The average molecular weight is 278 g/mol. The van der Waals surface area contributed by atoms with Crippen molar-refractivity contribution in [2.24, 2.45) is 0 Å². The number of imidazole rings is 1. The summed E-state index contributed by atoms with van der Waals surface area (Å²) >= 11 is 0. The predicted molar refractivity (Wildman–Crippen MR) is 84.8 cm³/mol. The Morgan fingerprint density at radius 2 is 1.95 bits per heavy atom. The van der Waals surface area contributed by atoms with E-state index in [1.165, 1.54) is 11.1 Å². The van der Waals surface area contributed by atoms with Crippen molar-refractivity contribution < 1.29 is 0 Å². The van der Waals surface area contributed by atoms with Gasteiger partial charge >= 0.3 is 0 Å². The van der Waals surface area contributed by atoms with Gasteiger partial charge in [0.2, 0.25) is 0 Å². The average Bonchev–Trinajstić information content (AvgIpc) is 2.96. The van der Waals surface area contributed by atoms with Crippen LogP contribution in [0.4, 0.5) is 5.82 Å². The first-order chi connectivity index (χ1) is 10.3. The Bertz CT molecular complexity index is 746. The molecule has 0 saturated carbocycles. The van der Waals surface area contributed by atoms with Crippen molar-refractivity contribution in [1.29, 1.82) is 0 Å². The zero-order valence-electron chi connectivity index (χ0n) is 12.0. The molecule has 0 aliphatic rings. The lowest BCUT2D eigenvalue weighted by Gasteiger charge is -2.11. The molecule has 3 rings (SSSR count). The van der Waals surface area contributed by atoms with Crippen LogP contribution >= 0.6 is 0 Å². The Kier molecular flexibility index (Phi) is 3.69. The van der Waals surface area contributed by atoms with E-state index < -0.39 is 0 Å². The highest BCUT2D eigenvalue weighted by Crippen LogP contribution is 2.22. The van der Waals surface area contributed by atoms with Gasteiger partial charge in [-0.1, -0.05) is 31.2 Å². The summed E-state index contributed by atoms with van der Waals surface area (Å²) < 4.78 is 2.14. The topological polar surface area (TPSA) is 56.7 Å². The fraction of sp³-hybridized carbons (Fsp3) is 0.176. The van der Waals surface area contributed by atoms with Crippen molar-refractivity contribution in [3.05, 3.63) is 66.2 Å². The first-order valence-electron chi connectivity index (χ1n) is 7.06. The summed E-state index contributed by atoms with van der Waals surface area (Å²) in [7, 11) is 0. The van der Waals surface area contributed by atoms with E-state index in [-0.39, 0.29) is 0 Å². The summed E-state index contributed by atoms with van der Waals surface area (Å²) in [4.78, 5) is 8.32. The van der Waals surface area contributed by atoms with Crippen LogP contribution in [0.5, 0.6) is 0 Å². The second-order valence-electron chi connectivity index (χ2n) is 5.00. The Morgan fingerprint density at radius 3 is 2.71 bits per heavy atom. The monoisotopic (exact) mass is 278 g/mol. The third-order valence-corrected chi connectivity index (χ3v) is 3.63. The minimum absolute atomic E-state index is 0.522. The van der Waals surface area contributed by atoms with E-state index in [9.17, 15) is 0 Å². The largest absolute Gasteiger partial charge is 0.384 e. The molecule has 1 aromatic carbocycles. The zero-order valence-corrected chi connectivity index (χ0v) is 12.0. The number of anilines is 1. The molecule has 2 N–H and O–H groups in total. The van der Waals surface area contributed by atoms with E-state index in [1.807, 2.05) is 24.7 Å². The van der Waals surface area contributed by atoms with Gasteiger partial charge in [-0.05, 0) is 29.7 Å². The summed E-state index contributed by atoms with van der Waals surface area (Å²) in [6, 6.07) is 12.3. The van der Waals surface area contributed by atoms with Crippen LogP contribution in [0.3, 0.4) is 0 Å². The molecule has 0 fully saturated rings. The maximum atomic E-state index is 5.77. The van der Waals surface area contributed by atoms with E-state index >= 15 is 0 Å². The van der Waals surface area contributed by atoms with E-state index in [2.05, 4.69) is 45.7 Å². The van der Waals surface area contributed by atoms with Crippen molar-refractivity contribution in [2.75, 3.05) is 5.73 Å². The van der Waals surface area contributed by atoms with Crippen LogP contribution in [0.1, 0.15) is 18.1 Å². The molecule has 0 unspecified atom stereocenters. The number of rotatable bonds is 4. The third-order valence-electron chi connectivity index (χ3n) is 3.63. The lowest BCUT2D eigenvalue weighted by molar-refractivity contribution is 0.793. The standard InChI is InChI=1S/C17H18N4/c1-2-13-5-3-4-6-15(13)11-21-12-19-10-16(21)14-7-8-20-17(18)9-14/h3-10,12H,2,11H2,1H3,(H2,18,20). The first-order valence-corrected chi connectivity index (χ1v) is 7.06. The second kappa shape index (κ2) is 5.79. The molecule has 3 aromatic rings. The molecule has 4 heteroatoms. The van der Waals surface area contributed by atoms with Gasteiger partial charge in [0.25, 0.3) is 0 Å². The summed E-state index contributed by atoms with van der Waals surface area (Å²) in [6.45, 7) is 2.98. The van der Waals surface area contributed by atoms with Gasteiger partial charge in [-0.25, -0.2) is 9.97 Å². The Balaban J connectivity index is 1.96. The molecule has 106 valence electrons. The Hall–Kier alpha value is -2.62. The smallest absolute Gasteiger partial charge is 0.123 e. The van der Waals surface area contributed by atoms with E-state index in [0.29, 0.717) is 5.82 Å². The summed E-state index contributed by atoms with van der Waals surface area (Å²) in [6.07, 6.45) is 6.48. The fourth-order valence-corrected chi connectivity index (χ4v) is 2.53. The van der Waals surface area contributed by atoms with Gasteiger partial charge in [0.05, 0.1) is 18.2 Å². The van der Waals surface area contributed by atoms with Crippen molar-refractivity contribution in [1.82, 2.24) is 14.5 Å².